The third-order valence-corrected chi connectivity index (χ3v) is 2.56. The molecule has 88 valence electrons. The van der Waals surface area contributed by atoms with Crippen LogP contribution in [0, 0.1) is 6.92 Å². The summed E-state index contributed by atoms with van der Waals surface area (Å²) >= 11 is 0. The highest BCUT2D eigenvalue weighted by Gasteiger charge is 2.02. The number of aryl methyl sites for hydroxylation is 1. The summed E-state index contributed by atoms with van der Waals surface area (Å²) in [6.45, 7) is 4.03. The van der Waals surface area contributed by atoms with Gasteiger partial charge in [0.25, 0.3) is 0 Å². The monoisotopic (exact) mass is 227 g/mol. The van der Waals surface area contributed by atoms with Gasteiger partial charge in [0.1, 0.15) is 5.82 Å². The van der Waals surface area contributed by atoms with Gasteiger partial charge < -0.3 is 5.73 Å². The number of nitrogens with zero attached hydrogens (tertiary/aromatic N) is 2. The van der Waals surface area contributed by atoms with E-state index >= 15 is 0 Å². The van der Waals surface area contributed by atoms with Gasteiger partial charge in [0.05, 0.1) is 0 Å². The molecule has 1 unspecified atom stereocenters. The largest absolute Gasteiger partial charge is 0.328 e. The highest BCUT2D eigenvalue weighted by atomic mass is 14.9. The van der Waals surface area contributed by atoms with Crippen LogP contribution in [-0.4, -0.2) is 16.0 Å². The van der Waals surface area contributed by atoms with E-state index in [-0.39, 0.29) is 6.04 Å². The van der Waals surface area contributed by atoms with Crippen molar-refractivity contribution in [1.29, 1.82) is 0 Å². The standard InChI is InChI=1S/C14H17N3/c1-10-4-3-5-12(6-10)13-8-16-14(17-9-13)7-11(2)15/h3-6,8-9,11H,7,15H2,1-2H3. The molecule has 0 saturated heterocycles. The molecule has 0 fully saturated rings. The van der Waals surface area contributed by atoms with Crippen LogP contribution in [0.3, 0.4) is 0 Å². The Morgan fingerprint density at radius 3 is 2.47 bits per heavy atom. The smallest absolute Gasteiger partial charge is 0.129 e. The molecule has 3 nitrogen and oxygen atoms in total. The number of rotatable bonds is 3. The molecule has 1 aromatic carbocycles. The zero-order valence-electron chi connectivity index (χ0n) is 10.2. The lowest BCUT2D eigenvalue weighted by Gasteiger charge is -2.05. The molecule has 0 aliphatic rings. The van der Waals surface area contributed by atoms with E-state index in [0.717, 1.165) is 17.0 Å². The predicted molar refractivity (Wildman–Crippen MR) is 69.6 cm³/mol. The fourth-order valence-corrected chi connectivity index (χ4v) is 1.72. The molecule has 0 radical (unpaired) electrons. The molecule has 17 heavy (non-hydrogen) atoms. The van der Waals surface area contributed by atoms with Gasteiger partial charge in [0, 0.05) is 30.4 Å². The molecule has 1 heterocycles. The maximum atomic E-state index is 5.71. The van der Waals surface area contributed by atoms with Crippen molar-refractivity contribution in [2.75, 3.05) is 0 Å². The first-order valence-corrected chi connectivity index (χ1v) is 5.78. The Morgan fingerprint density at radius 1 is 1.18 bits per heavy atom. The van der Waals surface area contributed by atoms with Gasteiger partial charge in [-0.25, -0.2) is 9.97 Å². The molecule has 1 aromatic heterocycles. The Bertz CT molecular complexity index is 489. The molecule has 0 aliphatic heterocycles. The summed E-state index contributed by atoms with van der Waals surface area (Å²) in [7, 11) is 0. The molecule has 0 saturated carbocycles. The molecular formula is C14H17N3. The SMILES string of the molecule is Cc1cccc(-c2cnc(CC(C)N)nc2)c1. The molecule has 0 amide bonds. The fourth-order valence-electron chi connectivity index (χ4n) is 1.72. The molecular weight excluding hydrogens is 210 g/mol. The Balaban J connectivity index is 2.23. The van der Waals surface area contributed by atoms with E-state index in [1.54, 1.807) is 0 Å². The number of aromatic nitrogens is 2. The second-order valence-electron chi connectivity index (χ2n) is 4.44. The number of nitrogens with two attached hydrogens (primary N) is 1. The van der Waals surface area contributed by atoms with Crippen LogP contribution in [0.4, 0.5) is 0 Å². The minimum atomic E-state index is 0.0971. The van der Waals surface area contributed by atoms with Gasteiger partial charge >= 0.3 is 0 Å². The predicted octanol–water partition coefficient (Wildman–Crippen LogP) is 2.34. The van der Waals surface area contributed by atoms with Crippen molar-refractivity contribution in [2.24, 2.45) is 5.73 Å². The maximum absolute atomic E-state index is 5.71. The van der Waals surface area contributed by atoms with Gasteiger partial charge in [0.15, 0.2) is 0 Å². The lowest BCUT2D eigenvalue weighted by molar-refractivity contribution is 0.702. The van der Waals surface area contributed by atoms with Gasteiger partial charge in [-0.2, -0.15) is 0 Å². The minimum absolute atomic E-state index is 0.0971. The highest BCUT2D eigenvalue weighted by Crippen LogP contribution is 2.18. The van der Waals surface area contributed by atoms with Crippen molar-refractivity contribution in [3.63, 3.8) is 0 Å². The summed E-state index contributed by atoms with van der Waals surface area (Å²) in [6, 6.07) is 8.41. The molecule has 2 rings (SSSR count). The van der Waals surface area contributed by atoms with E-state index in [0.29, 0.717) is 6.42 Å². The number of hydrogen-bond donors (Lipinski definition) is 1. The molecule has 0 spiro atoms. The Morgan fingerprint density at radius 2 is 1.88 bits per heavy atom. The first-order valence-electron chi connectivity index (χ1n) is 5.78. The maximum Gasteiger partial charge on any atom is 0.129 e. The highest BCUT2D eigenvalue weighted by molar-refractivity contribution is 5.62. The normalized spacial score (nSPS) is 12.4. The van der Waals surface area contributed by atoms with Gasteiger partial charge in [-0.3, -0.25) is 0 Å². The topological polar surface area (TPSA) is 51.8 Å². The van der Waals surface area contributed by atoms with Crippen LogP contribution in [0.1, 0.15) is 18.3 Å². The van der Waals surface area contributed by atoms with Crippen molar-refractivity contribution < 1.29 is 0 Å². The summed E-state index contributed by atoms with van der Waals surface area (Å²) in [4.78, 5) is 8.67. The van der Waals surface area contributed by atoms with Gasteiger partial charge in [-0.1, -0.05) is 29.8 Å². The second kappa shape index (κ2) is 5.06. The first kappa shape index (κ1) is 11.7. The van der Waals surface area contributed by atoms with Crippen LogP contribution in [0.15, 0.2) is 36.7 Å². The summed E-state index contributed by atoms with van der Waals surface area (Å²) in [5, 5.41) is 0. The number of hydrogen-bond acceptors (Lipinski definition) is 3. The summed E-state index contributed by atoms with van der Waals surface area (Å²) in [5.74, 6) is 0.802. The second-order valence-corrected chi connectivity index (χ2v) is 4.44. The van der Waals surface area contributed by atoms with Crippen molar-refractivity contribution in [1.82, 2.24) is 9.97 Å². The third-order valence-electron chi connectivity index (χ3n) is 2.56. The van der Waals surface area contributed by atoms with Crippen molar-refractivity contribution in [3.05, 3.63) is 48.0 Å². The van der Waals surface area contributed by atoms with Crippen LogP contribution in [0.25, 0.3) is 11.1 Å². The lowest BCUT2D eigenvalue weighted by Crippen LogP contribution is -2.19. The summed E-state index contributed by atoms with van der Waals surface area (Å²) < 4.78 is 0. The van der Waals surface area contributed by atoms with Crippen LogP contribution in [0.2, 0.25) is 0 Å². The quantitative estimate of drug-likeness (QED) is 0.875. The van der Waals surface area contributed by atoms with E-state index in [1.165, 1.54) is 5.56 Å². The Kier molecular flexibility index (Phi) is 3.49. The third kappa shape index (κ3) is 3.11. The van der Waals surface area contributed by atoms with E-state index in [9.17, 15) is 0 Å². The molecule has 0 bridgehead atoms. The molecule has 0 aliphatic carbocycles. The van der Waals surface area contributed by atoms with Crippen LogP contribution in [0.5, 0.6) is 0 Å². The molecule has 3 heteroatoms. The minimum Gasteiger partial charge on any atom is -0.328 e. The van der Waals surface area contributed by atoms with Gasteiger partial charge in [-0.05, 0) is 19.4 Å². The molecule has 1 atom stereocenters. The first-order chi connectivity index (χ1) is 8.15. The van der Waals surface area contributed by atoms with E-state index in [4.69, 9.17) is 5.73 Å². The Hall–Kier alpha value is -1.74. The fraction of sp³-hybridized carbons (Fsp3) is 0.286. The van der Waals surface area contributed by atoms with Crippen LogP contribution >= 0.6 is 0 Å². The van der Waals surface area contributed by atoms with Gasteiger partial charge in [0.2, 0.25) is 0 Å². The average molecular weight is 227 g/mol. The van der Waals surface area contributed by atoms with E-state index < -0.39 is 0 Å². The lowest BCUT2D eigenvalue weighted by atomic mass is 10.1. The summed E-state index contributed by atoms with van der Waals surface area (Å²) in [5.41, 5.74) is 9.15. The Labute approximate surface area is 102 Å². The average Bonchev–Trinajstić information content (AvgIpc) is 2.29. The van der Waals surface area contributed by atoms with Crippen LogP contribution < -0.4 is 5.73 Å². The van der Waals surface area contributed by atoms with E-state index in [1.807, 2.05) is 25.4 Å². The molecule has 2 N–H and O–H groups in total. The van der Waals surface area contributed by atoms with Crippen molar-refractivity contribution in [3.8, 4) is 11.1 Å². The van der Waals surface area contributed by atoms with Gasteiger partial charge in [-0.15, -0.1) is 0 Å². The zero-order valence-corrected chi connectivity index (χ0v) is 10.2. The van der Waals surface area contributed by atoms with Crippen molar-refractivity contribution in [2.45, 2.75) is 26.3 Å². The van der Waals surface area contributed by atoms with Crippen molar-refractivity contribution >= 4 is 0 Å². The zero-order chi connectivity index (χ0) is 12.3. The molecule has 2 aromatic rings. The van der Waals surface area contributed by atoms with E-state index in [2.05, 4.69) is 35.1 Å². The summed E-state index contributed by atoms with van der Waals surface area (Å²) in [6.07, 6.45) is 4.44. The number of benzene rings is 1. The van der Waals surface area contributed by atoms with Crippen LogP contribution in [-0.2, 0) is 6.42 Å².